The topological polar surface area (TPSA) is 17.8 Å². The summed E-state index contributed by atoms with van der Waals surface area (Å²) in [6, 6.07) is 3.69. The van der Waals surface area contributed by atoms with Gasteiger partial charge in [0.1, 0.15) is 0 Å². The van der Waals surface area contributed by atoms with E-state index < -0.39 is 11.7 Å². The first-order chi connectivity index (χ1) is 7.88. The molecule has 2 nitrogen and oxygen atoms in total. The van der Waals surface area contributed by atoms with Gasteiger partial charge >= 0.3 is 6.18 Å². The third-order valence-corrected chi connectivity index (χ3v) is 2.56. The molecule has 0 bridgehead atoms. The summed E-state index contributed by atoms with van der Waals surface area (Å²) in [6.45, 7) is 1.81. The predicted octanol–water partition coefficient (Wildman–Crippen LogP) is 3.85. The zero-order valence-corrected chi connectivity index (χ0v) is 9.55. The zero-order chi connectivity index (χ0) is 12.6. The second kappa shape index (κ2) is 4.07. The predicted molar refractivity (Wildman–Crippen MR) is 58.3 cm³/mol. The summed E-state index contributed by atoms with van der Waals surface area (Å²) in [5, 5.41) is 3.63. The highest BCUT2D eigenvalue weighted by Crippen LogP contribution is 2.35. The number of alkyl halides is 3. The molecule has 17 heavy (non-hydrogen) atoms. The first-order valence-corrected chi connectivity index (χ1v) is 5.14. The monoisotopic (exact) mass is 260 g/mol. The zero-order valence-electron chi connectivity index (χ0n) is 8.79. The molecular formula is C11H8ClF3N2. The Balaban J connectivity index is 2.51. The quantitative estimate of drug-likeness (QED) is 0.761. The Morgan fingerprint density at radius 3 is 2.53 bits per heavy atom. The lowest BCUT2D eigenvalue weighted by Gasteiger charge is -2.10. The number of nitrogens with zero attached hydrogens (tertiary/aromatic N) is 2. The Kier molecular flexibility index (Phi) is 2.87. The van der Waals surface area contributed by atoms with Crippen LogP contribution in [-0.4, -0.2) is 9.78 Å². The SMILES string of the molecule is Cc1cnn(-c2ccc(Cl)c(C(F)(F)F)c2)c1. The van der Waals surface area contributed by atoms with Crippen LogP contribution in [0.5, 0.6) is 0 Å². The lowest BCUT2D eigenvalue weighted by atomic mass is 10.2. The number of halogens is 4. The van der Waals surface area contributed by atoms with Crippen LogP contribution in [0.2, 0.25) is 5.02 Å². The molecule has 1 aromatic heterocycles. The van der Waals surface area contributed by atoms with Gasteiger partial charge in [0.15, 0.2) is 0 Å². The average molecular weight is 261 g/mol. The molecule has 2 aromatic rings. The third kappa shape index (κ3) is 2.44. The molecule has 6 heteroatoms. The average Bonchev–Trinajstić information content (AvgIpc) is 2.64. The van der Waals surface area contributed by atoms with Crippen LogP contribution in [-0.2, 0) is 6.18 Å². The van der Waals surface area contributed by atoms with E-state index in [4.69, 9.17) is 11.6 Å². The minimum absolute atomic E-state index is 0.315. The number of hydrogen-bond acceptors (Lipinski definition) is 1. The van der Waals surface area contributed by atoms with Crippen LogP contribution in [0.25, 0.3) is 5.69 Å². The fraction of sp³-hybridized carbons (Fsp3) is 0.182. The fourth-order valence-electron chi connectivity index (χ4n) is 1.43. The maximum absolute atomic E-state index is 12.6. The number of aromatic nitrogens is 2. The summed E-state index contributed by atoms with van der Waals surface area (Å²) in [5.74, 6) is 0. The Labute approximate surface area is 101 Å². The molecule has 0 aliphatic carbocycles. The van der Waals surface area contributed by atoms with Crippen molar-refractivity contribution in [3.63, 3.8) is 0 Å². The van der Waals surface area contributed by atoms with Crippen molar-refractivity contribution < 1.29 is 13.2 Å². The molecule has 0 N–H and O–H groups in total. The summed E-state index contributed by atoms with van der Waals surface area (Å²) in [5.41, 5.74) is 0.341. The summed E-state index contributed by atoms with van der Waals surface area (Å²) >= 11 is 5.52. The molecule has 0 atom stereocenters. The van der Waals surface area contributed by atoms with Gasteiger partial charge in [-0.3, -0.25) is 0 Å². The van der Waals surface area contributed by atoms with E-state index in [1.807, 2.05) is 6.92 Å². The second-order valence-electron chi connectivity index (χ2n) is 3.62. The summed E-state index contributed by atoms with van der Waals surface area (Å²) in [7, 11) is 0. The molecule has 0 amide bonds. The van der Waals surface area contributed by atoms with Gasteiger partial charge in [0.25, 0.3) is 0 Å². The molecule has 90 valence electrons. The van der Waals surface area contributed by atoms with Crippen molar-refractivity contribution in [1.29, 1.82) is 0 Å². The molecule has 1 aromatic carbocycles. The standard InChI is InChI=1S/C11H8ClF3N2/c1-7-5-16-17(6-7)8-2-3-10(12)9(4-8)11(13,14)15/h2-6H,1H3. The number of benzene rings is 1. The molecular weight excluding hydrogens is 253 g/mol. The van der Waals surface area contributed by atoms with Crippen LogP contribution in [0.1, 0.15) is 11.1 Å². The first kappa shape index (κ1) is 12.0. The molecule has 1 heterocycles. The highest BCUT2D eigenvalue weighted by molar-refractivity contribution is 6.31. The van der Waals surface area contributed by atoms with Crippen LogP contribution in [0.15, 0.2) is 30.6 Å². The van der Waals surface area contributed by atoms with E-state index in [2.05, 4.69) is 5.10 Å². The van der Waals surface area contributed by atoms with Crippen LogP contribution in [0.4, 0.5) is 13.2 Å². The van der Waals surface area contributed by atoms with Crippen molar-refractivity contribution in [3.8, 4) is 5.69 Å². The molecule has 0 radical (unpaired) electrons. The van der Waals surface area contributed by atoms with Crippen molar-refractivity contribution in [2.45, 2.75) is 13.1 Å². The van der Waals surface area contributed by atoms with Crippen molar-refractivity contribution in [2.24, 2.45) is 0 Å². The maximum Gasteiger partial charge on any atom is 0.417 e. The van der Waals surface area contributed by atoms with Gasteiger partial charge in [-0.1, -0.05) is 11.6 Å². The van der Waals surface area contributed by atoms with Gasteiger partial charge < -0.3 is 0 Å². The van der Waals surface area contributed by atoms with Crippen molar-refractivity contribution >= 4 is 11.6 Å². The summed E-state index contributed by atoms with van der Waals surface area (Å²) < 4.78 is 39.3. The van der Waals surface area contributed by atoms with Crippen LogP contribution < -0.4 is 0 Å². The minimum atomic E-state index is -4.46. The molecule has 0 saturated heterocycles. The Bertz CT molecular complexity index is 546. The molecule has 0 saturated carbocycles. The Morgan fingerprint density at radius 1 is 1.29 bits per heavy atom. The van der Waals surface area contributed by atoms with Crippen LogP contribution in [0, 0.1) is 6.92 Å². The van der Waals surface area contributed by atoms with Gasteiger partial charge in [-0.2, -0.15) is 18.3 Å². The van der Waals surface area contributed by atoms with Gasteiger partial charge in [0, 0.05) is 6.20 Å². The van der Waals surface area contributed by atoms with Gasteiger partial charge in [0.05, 0.1) is 22.5 Å². The van der Waals surface area contributed by atoms with E-state index in [0.29, 0.717) is 5.69 Å². The van der Waals surface area contributed by atoms with Crippen molar-refractivity contribution in [1.82, 2.24) is 9.78 Å². The molecule has 0 unspecified atom stereocenters. The fourth-order valence-corrected chi connectivity index (χ4v) is 1.65. The smallest absolute Gasteiger partial charge is 0.241 e. The van der Waals surface area contributed by atoms with E-state index >= 15 is 0 Å². The van der Waals surface area contributed by atoms with E-state index in [1.54, 1.807) is 12.4 Å². The van der Waals surface area contributed by atoms with E-state index in [-0.39, 0.29) is 5.02 Å². The Hall–Kier alpha value is -1.49. The van der Waals surface area contributed by atoms with E-state index in [0.717, 1.165) is 11.6 Å². The number of aryl methyl sites for hydroxylation is 1. The Morgan fingerprint density at radius 2 is 2.00 bits per heavy atom. The first-order valence-electron chi connectivity index (χ1n) is 4.76. The van der Waals surface area contributed by atoms with Gasteiger partial charge in [0.2, 0.25) is 0 Å². The van der Waals surface area contributed by atoms with E-state index in [9.17, 15) is 13.2 Å². The second-order valence-corrected chi connectivity index (χ2v) is 4.03. The lowest BCUT2D eigenvalue weighted by molar-refractivity contribution is -0.137. The molecule has 0 fully saturated rings. The van der Waals surface area contributed by atoms with Gasteiger partial charge in [-0.05, 0) is 30.7 Å². The molecule has 0 spiro atoms. The molecule has 2 rings (SSSR count). The number of rotatable bonds is 1. The molecule has 0 aliphatic rings. The van der Waals surface area contributed by atoms with Crippen LogP contribution in [0.3, 0.4) is 0 Å². The highest BCUT2D eigenvalue weighted by atomic mass is 35.5. The largest absolute Gasteiger partial charge is 0.417 e. The van der Waals surface area contributed by atoms with Gasteiger partial charge in [-0.15, -0.1) is 0 Å². The third-order valence-electron chi connectivity index (χ3n) is 2.23. The van der Waals surface area contributed by atoms with E-state index in [1.165, 1.54) is 16.8 Å². The molecule has 0 aliphatic heterocycles. The van der Waals surface area contributed by atoms with Gasteiger partial charge in [-0.25, -0.2) is 4.68 Å². The normalized spacial score (nSPS) is 11.8. The highest BCUT2D eigenvalue weighted by Gasteiger charge is 2.33. The summed E-state index contributed by atoms with van der Waals surface area (Å²) in [4.78, 5) is 0. The van der Waals surface area contributed by atoms with Crippen molar-refractivity contribution in [3.05, 3.63) is 46.7 Å². The lowest BCUT2D eigenvalue weighted by Crippen LogP contribution is -2.07. The maximum atomic E-state index is 12.6. The summed E-state index contributed by atoms with van der Waals surface area (Å²) in [6.07, 6.45) is -1.25. The minimum Gasteiger partial charge on any atom is -0.241 e. The number of hydrogen-bond donors (Lipinski definition) is 0. The van der Waals surface area contributed by atoms with Crippen LogP contribution >= 0.6 is 11.6 Å². The van der Waals surface area contributed by atoms with Crippen molar-refractivity contribution in [2.75, 3.05) is 0 Å².